The summed E-state index contributed by atoms with van der Waals surface area (Å²) < 4.78 is 5.02. The number of nitrogens with one attached hydrogen (secondary N) is 1. The van der Waals surface area contributed by atoms with Gasteiger partial charge in [-0.25, -0.2) is 0 Å². The third kappa shape index (κ3) is 1.50. The third-order valence-electron chi connectivity index (χ3n) is 1.62. The van der Waals surface area contributed by atoms with Crippen LogP contribution in [-0.4, -0.2) is 32.1 Å². The minimum Gasteiger partial charge on any atom is -0.380 e. The summed E-state index contributed by atoms with van der Waals surface area (Å²) in [5, 5.41) is 3.01. The molecule has 2 atom stereocenters. The summed E-state index contributed by atoms with van der Waals surface area (Å²) in [6.07, 6.45) is 1.99. The average molecular weight is 129 g/mol. The lowest BCUT2D eigenvalue weighted by molar-refractivity contribution is -0.109. The van der Waals surface area contributed by atoms with Crippen LogP contribution in [-0.2, 0) is 9.53 Å². The topological polar surface area (TPSA) is 38.3 Å². The molecule has 0 aromatic heterocycles. The molecule has 1 saturated heterocycles. The minimum absolute atomic E-state index is 0.0231. The molecule has 1 heterocycles. The van der Waals surface area contributed by atoms with Gasteiger partial charge in [0.15, 0.2) is 0 Å². The molecule has 0 aromatic rings. The molecule has 0 bridgehead atoms. The van der Waals surface area contributed by atoms with Gasteiger partial charge in [-0.2, -0.15) is 0 Å². The number of ether oxygens (including phenoxy) is 1. The lowest BCUT2D eigenvalue weighted by atomic mass is 10.2. The first kappa shape index (κ1) is 6.71. The number of aldehydes is 1. The van der Waals surface area contributed by atoms with E-state index < -0.39 is 0 Å². The van der Waals surface area contributed by atoms with E-state index in [2.05, 4.69) is 5.32 Å². The Morgan fingerprint density at radius 1 is 1.78 bits per heavy atom. The molecular formula is C6H11NO2. The highest BCUT2D eigenvalue weighted by atomic mass is 16.5. The van der Waals surface area contributed by atoms with Crippen molar-refractivity contribution >= 4 is 6.29 Å². The predicted molar refractivity (Wildman–Crippen MR) is 33.3 cm³/mol. The highest BCUT2D eigenvalue weighted by Gasteiger charge is 2.22. The lowest BCUT2D eigenvalue weighted by Crippen LogP contribution is -2.22. The fraction of sp³-hybridized carbons (Fsp3) is 0.833. The Morgan fingerprint density at radius 3 is 2.89 bits per heavy atom. The summed E-state index contributed by atoms with van der Waals surface area (Å²) in [5.74, 6) is 0. The molecule has 0 spiro atoms. The Kier molecular flexibility index (Phi) is 2.19. The third-order valence-corrected chi connectivity index (χ3v) is 1.62. The summed E-state index contributed by atoms with van der Waals surface area (Å²) in [6, 6.07) is 0.0231. The molecular weight excluding hydrogens is 118 g/mol. The second kappa shape index (κ2) is 2.94. The highest BCUT2D eigenvalue weighted by molar-refractivity contribution is 5.58. The number of carbonyl (C=O) groups excluding carboxylic acids is 1. The summed E-state index contributed by atoms with van der Waals surface area (Å²) in [4.78, 5) is 10.2. The first-order valence-electron chi connectivity index (χ1n) is 3.08. The zero-order valence-electron chi connectivity index (χ0n) is 5.46. The molecule has 2 unspecified atom stereocenters. The van der Waals surface area contributed by atoms with Gasteiger partial charge in [-0.1, -0.05) is 0 Å². The van der Waals surface area contributed by atoms with Crippen molar-refractivity contribution in [2.45, 2.75) is 18.6 Å². The maximum Gasteiger partial charge on any atom is 0.136 e. The van der Waals surface area contributed by atoms with E-state index in [-0.39, 0.29) is 12.1 Å². The zero-order chi connectivity index (χ0) is 6.69. The van der Waals surface area contributed by atoms with E-state index in [1.54, 1.807) is 7.11 Å². The van der Waals surface area contributed by atoms with Crippen LogP contribution in [0, 0.1) is 0 Å². The molecule has 1 aliphatic heterocycles. The van der Waals surface area contributed by atoms with Crippen LogP contribution < -0.4 is 5.32 Å². The molecule has 9 heavy (non-hydrogen) atoms. The Hall–Kier alpha value is -0.410. The molecule has 0 aromatic carbocycles. The molecule has 0 aliphatic carbocycles. The lowest BCUT2D eigenvalue weighted by Gasteiger charge is -2.02. The summed E-state index contributed by atoms with van der Waals surface area (Å²) in [6.45, 7) is 0.805. The van der Waals surface area contributed by atoms with Crippen LogP contribution in [0.25, 0.3) is 0 Å². The van der Waals surface area contributed by atoms with Crippen molar-refractivity contribution in [3.8, 4) is 0 Å². The normalized spacial score (nSPS) is 34.8. The maximum absolute atomic E-state index is 10.2. The molecule has 0 saturated carbocycles. The monoisotopic (exact) mass is 129 g/mol. The van der Waals surface area contributed by atoms with Crippen LogP contribution >= 0.6 is 0 Å². The molecule has 1 aliphatic rings. The standard InChI is InChI=1S/C6H11NO2/c1-9-6-2-5(4-8)7-3-6/h4-7H,2-3H2,1H3. The van der Waals surface area contributed by atoms with Crippen molar-refractivity contribution in [1.82, 2.24) is 5.32 Å². The first-order valence-corrected chi connectivity index (χ1v) is 3.08. The Labute approximate surface area is 54.4 Å². The van der Waals surface area contributed by atoms with Gasteiger partial charge in [0, 0.05) is 13.7 Å². The van der Waals surface area contributed by atoms with Crippen molar-refractivity contribution in [3.63, 3.8) is 0 Å². The number of hydrogen-bond donors (Lipinski definition) is 1. The van der Waals surface area contributed by atoms with Crippen molar-refractivity contribution in [2.75, 3.05) is 13.7 Å². The Balaban J connectivity index is 2.28. The van der Waals surface area contributed by atoms with Gasteiger partial charge in [0.1, 0.15) is 6.29 Å². The molecule has 1 fully saturated rings. The van der Waals surface area contributed by atoms with Gasteiger partial charge in [-0.05, 0) is 6.42 Å². The first-order chi connectivity index (χ1) is 4.36. The van der Waals surface area contributed by atoms with E-state index in [4.69, 9.17) is 4.74 Å². The van der Waals surface area contributed by atoms with E-state index >= 15 is 0 Å². The van der Waals surface area contributed by atoms with E-state index in [0.29, 0.717) is 0 Å². The quantitative estimate of drug-likeness (QED) is 0.514. The fourth-order valence-electron chi connectivity index (χ4n) is 1.02. The molecule has 1 N–H and O–H groups in total. The van der Waals surface area contributed by atoms with Crippen molar-refractivity contribution < 1.29 is 9.53 Å². The minimum atomic E-state index is 0.0231. The van der Waals surface area contributed by atoms with Gasteiger partial charge < -0.3 is 14.8 Å². The van der Waals surface area contributed by atoms with E-state index in [0.717, 1.165) is 19.3 Å². The van der Waals surface area contributed by atoms with Crippen LogP contribution in [0.5, 0.6) is 0 Å². The molecule has 0 radical (unpaired) electrons. The van der Waals surface area contributed by atoms with Gasteiger partial charge in [0.2, 0.25) is 0 Å². The molecule has 3 heteroatoms. The van der Waals surface area contributed by atoms with Gasteiger partial charge in [-0.15, -0.1) is 0 Å². The van der Waals surface area contributed by atoms with Crippen molar-refractivity contribution in [1.29, 1.82) is 0 Å². The molecule has 52 valence electrons. The molecule has 3 nitrogen and oxygen atoms in total. The molecule has 1 rings (SSSR count). The smallest absolute Gasteiger partial charge is 0.136 e. The summed E-state index contributed by atoms with van der Waals surface area (Å²) in [5.41, 5.74) is 0. The van der Waals surface area contributed by atoms with Crippen molar-refractivity contribution in [2.24, 2.45) is 0 Å². The summed E-state index contributed by atoms with van der Waals surface area (Å²) >= 11 is 0. The van der Waals surface area contributed by atoms with Gasteiger partial charge in [-0.3, -0.25) is 0 Å². The van der Waals surface area contributed by atoms with E-state index in [1.807, 2.05) is 0 Å². The van der Waals surface area contributed by atoms with Crippen molar-refractivity contribution in [3.05, 3.63) is 0 Å². The van der Waals surface area contributed by atoms with Crippen LogP contribution in [0.1, 0.15) is 6.42 Å². The SMILES string of the molecule is COC1CNC(C=O)C1. The second-order valence-corrected chi connectivity index (χ2v) is 2.24. The number of hydrogen-bond acceptors (Lipinski definition) is 3. The number of rotatable bonds is 2. The highest BCUT2D eigenvalue weighted by Crippen LogP contribution is 2.06. The van der Waals surface area contributed by atoms with Gasteiger partial charge >= 0.3 is 0 Å². The van der Waals surface area contributed by atoms with Crippen LogP contribution in [0.15, 0.2) is 0 Å². The Bertz CT molecular complexity index is 105. The molecule has 0 amide bonds. The second-order valence-electron chi connectivity index (χ2n) is 2.24. The van der Waals surface area contributed by atoms with Crippen LogP contribution in [0.2, 0.25) is 0 Å². The van der Waals surface area contributed by atoms with Crippen LogP contribution in [0.4, 0.5) is 0 Å². The largest absolute Gasteiger partial charge is 0.380 e. The van der Waals surface area contributed by atoms with Gasteiger partial charge in [0.25, 0.3) is 0 Å². The zero-order valence-corrected chi connectivity index (χ0v) is 5.46. The number of methoxy groups -OCH3 is 1. The van der Waals surface area contributed by atoms with Crippen LogP contribution in [0.3, 0.4) is 0 Å². The van der Waals surface area contributed by atoms with E-state index in [9.17, 15) is 4.79 Å². The average Bonchev–Trinajstić information content (AvgIpc) is 2.34. The van der Waals surface area contributed by atoms with E-state index in [1.165, 1.54) is 0 Å². The number of carbonyl (C=O) groups is 1. The maximum atomic E-state index is 10.2. The summed E-state index contributed by atoms with van der Waals surface area (Å²) in [7, 11) is 1.67. The Morgan fingerprint density at radius 2 is 2.56 bits per heavy atom. The fourth-order valence-corrected chi connectivity index (χ4v) is 1.02. The predicted octanol–water partition coefficient (Wildman–Crippen LogP) is -0.438. The van der Waals surface area contributed by atoms with Gasteiger partial charge in [0.05, 0.1) is 12.1 Å².